The van der Waals surface area contributed by atoms with Crippen molar-refractivity contribution in [3.05, 3.63) is 70.5 Å². The quantitative estimate of drug-likeness (QED) is 0.692. The van der Waals surface area contributed by atoms with Crippen LogP contribution in [0.1, 0.15) is 12.5 Å². The van der Waals surface area contributed by atoms with Crippen LogP contribution in [0.4, 0.5) is 10.1 Å². The SMILES string of the molecule is CCc1ccccc1NC(=O)CN(C)C(=O)Cn1cnc2ccc(F)cc2c1=O. The number of likely N-dealkylation sites (N-methyl/N-ethyl adjacent to an activating group) is 1. The Hall–Kier alpha value is -3.55. The van der Waals surface area contributed by atoms with Crippen molar-refractivity contribution in [3.63, 3.8) is 0 Å². The number of carbonyl (C=O) groups is 2. The molecule has 3 rings (SSSR count). The van der Waals surface area contributed by atoms with E-state index in [2.05, 4.69) is 10.3 Å². The summed E-state index contributed by atoms with van der Waals surface area (Å²) in [6.07, 6.45) is 2.01. The third-order valence-corrected chi connectivity index (χ3v) is 4.57. The molecule has 150 valence electrons. The van der Waals surface area contributed by atoms with Gasteiger partial charge in [-0.15, -0.1) is 0 Å². The summed E-state index contributed by atoms with van der Waals surface area (Å²) in [6.45, 7) is 1.52. The number of halogens is 1. The fourth-order valence-corrected chi connectivity index (χ4v) is 2.95. The molecule has 0 aliphatic carbocycles. The van der Waals surface area contributed by atoms with Crippen LogP contribution in [0.15, 0.2) is 53.6 Å². The molecule has 0 spiro atoms. The molecular weight excluding hydrogens is 375 g/mol. The molecule has 0 bridgehead atoms. The minimum atomic E-state index is -0.554. The first-order valence-corrected chi connectivity index (χ1v) is 9.15. The number of para-hydroxylation sites is 1. The van der Waals surface area contributed by atoms with Crippen LogP contribution in [0, 0.1) is 5.82 Å². The Bertz CT molecular complexity index is 1130. The zero-order valence-corrected chi connectivity index (χ0v) is 16.2. The fraction of sp³-hybridized carbons (Fsp3) is 0.238. The summed E-state index contributed by atoms with van der Waals surface area (Å²) < 4.78 is 14.5. The van der Waals surface area contributed by atoms with E-state index in [9.17, 15) is 18.8 Å². The van der Waals surface area contributed by atoms with Gasteiger partial charge in [0.05, 0.1) is 23.8 Å². The lowest BCUT2D eigenvalue weighted by Crippen LogP contribution is -2.38. The predicted molar refractivity (Wildman–Crippen MR) is 108 cm³/mol. The first-order valence-electron chi connectivity index (χ1n) is 9.15. The number of aryl methyl sites for hydroxylation is 1. The number of amides is 2. The minimum Gasteiger partial charge on any atom is -0.335 e. The van der Waals surface area contributed by atoms with E-state index in [-0.39, 0.29) is 24.4 Å². The van der Waals surface area contributed by atoms with Gasteiger partial charge in [0.2, 0.25) is 11.8 Å². The summed E-state index contributed by atoms with van der Waals surface area (Å²) in [7, 11) is 1.48. The van der Waals surface area contributed by atoms with Gasteiger partial charge in [0.1, 0.15) is 12.4 Å². The molecule has 0 saturated heterocycles. The Morgan fingerprint density at radius 2 is 1.97 bits per heavy atom. The number of carbonyl (C=O) groups excluding carboxylic acids is 2. The van der Waals surface area contributed by atoms with Crippen LogP contribution in [0.2, 0.25) is 0 Å². The smallest absolute Gasteiger partial charge is 0.261 e. The first-order chi connectivity index (χ1) is 13.9. The summed E-state index contributed by atoms with van der Waals surface area (Å²) >= 11 is 0. The molecule has 7 nitrogen and oxygen atoms in total. The minimum absolute atomic E-state index is 0.0943. The van der Waals surface area contributed by atoms with Gasteiger partial charge in [-0.25, -0.2) is 9.37 Å². The molecule has 0 aliphatic rings. The van der Waals surface area contributed by atoms with E-state index in [0.29, 0.717) is 11.2 Å². The summed E-state index contributed by atoms with van der Waals surface area (Å²) in [5.41, 5.74) is 1.54. The lowest BCUT2D eigenvalue weighted by molar-refractivity contribution is -0.133. The monoisotopic (exact) mass is 396 g/mol. The highest BCUT2D eigenvalue weighted by atomic mass is 19.1. The van der Waals surface area contributed by atoms with Crippen LogP contribution in [-0.2, 0) is 22.6 Å². The number of benzene rings is 2. The lowest BCUT2D eigenvalue weighted by Gasteiger charge is -2.18. The highest BCUT2D eigenvalue weighted by Crippen LogP contribution is 2.15. The Kier molecular flexibility index (Phi) is 6.01. The Labute approximate surface area is 166 Å². The number of fused-ring (bicyclic) bond motifs is 1. The van der Waals surface area contributed by atoms with Gasteiger partial charge in [0.25, 0.3) is 5.56 Å². The normalized spacial score (nSPS) is 10.7. The number of nitrogens with zero attached hydrogens (tertiary/aromatic N) is 3. The van der Waals surface area contributed by atoms with E-state index in [1.807, 2.05) is 25.1 Å². The number of rotatable bonds is 6. The van der Waals surface area contributed by atoms with Gasteiger partial charge in [0, 0.05) is 12.7 Å². The molecule has 0 fully saturated rings. The predicted octanol–water partition coefficient (Wildman–Crippen LogP) is 2.20. The second kappa shape index (κ2) is 8.64. The van der Waals surface area contributed by atoms with Gasteiger partial charge in [-0.3, -0.25) is 19.0 Å². The van der Waals surface area contributed by atoms with Gasteiger partial charge in [-0.2, -0.15) is 0 Å². The van der Waals surface area contributed by atoms with Crippen molar-refractivity contribution in [3.8, 4) is 0 Å². The maximum absolute atomic E-state index is 13.4. The van der Waals surface area contributed by atoms with Crippen LogP contribution in [0.3, 0.4) is 0 Å². The van der Waals surface area contributed by atoms with Crippen LogP contribution in [0.5, 0.6) is 0 Å². The van der Waals surface area contributed by atoms with E-state index < -0.39 is 17.3 Å². The molecule has 8 heteroatoms. The Balaban J connectivity index is 1.68. The third-order valence-electron chi connectivity index (χ3n) is 4.57. The molecule has 0 saturated carbocycles. The maximum Gasteiger partial charge on any atom is 0.261 e. The molecular formula is C21H21FN4O3. The highest BCUT2D eigenvalue weighted by molar-refractivity contribution is 5.95. The molecule has 0 unspecified atom stereocenters. The van der Waals surface area contributed by atoms with E-state index in [0.717, 1.165) is 22.6 Å². The second-order valence-electron chi connectivity index (χ2n) is 6.65. The molecule has 1 aromatic heterocycles. The number of hydrogen-bond acceptors (Lipinski definition) is 4. The van der Waals surface area contributed by atoms with E-state index in [4.69, 9.17) is 0 Å². The van der Waals surface area contributed by atoms with Crippen molar-refractivity contribution in [1.29, 1.82) is 0 Å². The zero-order valence-electron chi connectivity index (χ0n) is 16.2. The van der Waals surface area contributed by atoms with E-state index >= 15 is 0 Å². The molecule has 0 atom stereocenters. The molecule has 2 amide bonds. The number of aromatic nitrogens is 2. The summed E-state index contributed by atoms with van der Waals surface area (Å²) in [5, 5.41) is 2.89. The molecule has 1 heterocycles. The zero-order chi connectivity index (χ0) is 21.0. The highest BCUT2D eigenvalue weighted by Gasteiger charge is 2.16. The van der Waals surface area contributed by atoms with Gasteiger partial charge < -0.3 is 10.2 Å². The van der Waals surface area contributed by atoms with Gasteiger partial charge in [-0.1, -0.05) is 25.1 Å². The summed E-state index contributed by atoms with van der Waals surface area (Å²) in [5.74, 6) is -1.34. The number of nitrogens with one attached hydrogen (secondary N) is 1. The molecule has 0 radical (unpaired) electrons. The van der Waals surface area contributed by atoms with E-state index in [1.165, 1.54) is 30.4 Å². The molecule has 2 aromatic carbocycles. The largest absolute Gasteiger partial charge is 0.335 e. The summed E-state index contributed by atoms with van der Waals surface area (Å²) in [4.78, 5) is 42.5. The fourth-order valence-electron chi connectivity index (χ4n) is 2.95. The van der Waals surface area contributed by atoms with Crippen molar-refractivity contribution in [2.75, 3.05) is 18.9 Å². The Morgan fingerprint density at radius 1 is 1.21 bits per heavy atom. The average molecular weight is 396 g/mol. The van der Waals surface area contributed by atoms with E-state index in [1.54, 1.807) is 6.07 Å². The van der Waals surface area contributed by atoms with Gasteiger partial charge >= 0.3 is 0 Å². The van der Waals surface area contributed by atoms with Crippen molar-refractivity contribution in [2.45, 2.75) is 19.9 Å². The van der Waals surface area contributed by atoms with Crippen molar-refractivity contribution < 1.29 is 14.0 Å². The average Bonchev–Trinajstić information content (AvgIpc) is 2.70. The molecule has 29 heavy (non-hydrogen) atoms. The molecule has 0 aliphatic heterocycles. The Morgan fingerprint density at radius 3 is 2.72 bits per heavy atom. The second-order valence-corrected chi connectivity index (χ2v) is 6.65. The molecule has 3 aromatic rings. The van der Waals surface area contributed by atoms with Gasteiger partial charge in [-0.05, 0) is 36.2 Å². The van der Waals surface area contributed by atoms with Crippen LogP contribution in [0.25, 0.3) is 10.9 Å². The molecule has 1 N–H and O–H groups in total. The number of hydrogen-bond donors (Lipinski definition) is 1. The van der Waals surface area contributed by atoms with Crippen molar-refractivity contribution in [1.82, 2.24) is 14.5 Å². The van der Waals surface area contributed by atoms with Crippen LogP contribution in [-0.4, -0.2) is 39.9 Å². The summed E-state index contributed by atoms with van der Waals surface area (Å²) in [6, 6.07) is 11.2. The van der Waals surface area contributed by atoms with Crippen LogP contribution < -0.4 is 10.9 Å². The van der Waals surface area contributed by atoms with Crippen molar-refractivity contribution in [2.24, 2.45) is 0 Å². The topological polar surface area (TPSA) is 84.3 Å². The van der Waals surface area contributed by atoms with Crippen molar-refractivity contribution >= 4 is 28.4 Å². The first kappa shape index (κ1) is 20.2. The number of anilines is 1. The lowest BCUT2D eigenvalue weighted by atomic mass is 10.1. The maximum atomic E-state index is 13.4. The van der Waals surface area contributed by atoms with Crippen LogP contribution >= 0.6 is 0 Å². The van der Waals surface area contributed by atoms with Gasteiger partial charge in [0.15, 0.2) is 0 Å². The standard InChI is InChI=1S/C21H21FN4O3/c1-3-14-6-4-5-7-17(14)24-19(27)11-25(2)20(28)12-26-13-23-18-9-8-15(22)10-16(18)21(26)29/h4-10,13H,3,11-12H2,1-2H3,(H,24,27). The third kappa shape index (κ3) is 4.66.